The van der Waals surface area contributed by atoms with Crippen LogP contribution >= 0.6 is 12.4 Å². The monoisotopic (exact) mass is 237 g/mol. The Hall–Kier alpha value is -1.81. The van der Waals surface area contributed by atoms with Gasteiger partial charge in [-0.15, -0.1) is 22.6 Å². The summed E-state index contributed by atoms with van der Waals surface area (Å²) in [6.07, 6.45) is 0. The SMILES string of the molecule is Cc1cc(-c2ccc(O)cc2)nnc1N.Cl. The molecule has 1 aromatic carbocycles. The van der Waals surface area contributed by atoms with Crippen LogP contribution in [0.25, 0.3) is 11.3 Å². The number of aryl methyl sites for hydroxylation is 1. The van der Waals surface area contributed by atoms with Gasteiger partial charge in [0.15, 0.2) is 0 Å². The summed E-state index contributed by atoms with van der Waals surface area (Å²) in [5.74, 6) is 0.677. The third kappa shape index (κ3) is 2.41. The Morgan fingerprint density at radius 1 is 1.12 bits per heavy atom. The molecule has 0 unspecified atom stereocenters. The van der Waals surface area contributed by atoms with Gasteiger partial charge in [-0.2, -0.15) is 0 Å². The fourth-order valence-corrected chi connectivity index (χ4v) is 1.27. The fourth-order valence-electron chi connectivity index (χ4n) is 1.27. The van der Waals surface area contributed by atoms with E-state index in [9.17, 15) is 0 Å². The first-order valence-electron chi connectivity index (χ1n) is 4.56. The van der Waals surface area contributed by atoms with Gasteiger partial charge in [-0.1, -0.05) is 0 Å². The number of nitrogens with two attached hydrogens (primary N) is 1. The van der Waals surface area contributed by atoms with Crippen molar-refractivity contribution < 1.29 is 5.11 Å². The molecule has 3 N–H and O–H groups in total. The van der Waals surface area contributed by atoms with Crippen molar-refractivity contribution in [2.45, 2.75) is 6.92 Å². The Kier molecular flexibility index (Phi) is 3.68. The Balaban J connectivity index is 0.00000128. The third-order valence-corrected chi connectivity index (χ3v) is 2.19. The number of phenolic OH excluding ortho intramolecular Hbond substituents is 1. The number of hydrogen-bond donors (Lipinski definition) is 2. The van der Waals surface area contributed by atoms with Gasteiger partial charge in [-0.25, -0.2) is 0 Å². The maximum Gasteiger partial charge on any atom is 0.149 e. The number of anilines is 1. The highest BCUT2D eigenvalue weighted by Crippen LogP contribution is 2.21. The van der Waals surface area contributed by atoms with Crippen molar-refractivity contribution in [1.82, 2.24) is 10.2 Å². The van der Waals surface area contributed by atoms with E-state index in [0.717, 1.165) is 16.8 Å². The molecule has 0 saturated heterocycles. The molecule has 2 aromatic rings. The Morgan fingerprint density at radius 3 is 2.31 bits per heavy atom. The number of phenols is 1. The van der Waals surface area contributed by atoms with Crippen LogP contribution in [0, 0.1) is 6.92 Å². The molecule has 0 radical (unpaired) electrons. The summed E-state index contributed by atoms with van der Waals surface area (Å²) < 4.78 is 0. The topological polar surface area (TPSA) is 72.0 Å². The van der Waals surface area contributed by atoms with Crippen LogP contribution in [-0.2, 0) is 0 Å². The molecule has 0 spiro atoms. The van der Waals surface area contributed by atoms with E-state index in [-0.39, 0.29) is 18.2 Å². The molecule has 0 bridgehead atoms. The molecule has 0 amide bonds. The van der Waals surface area contributed by atoms with Crippen molar-refractivity contribution in [1.29, 1.82) is 0 Å². The first-order valence-corrected chi connectivity index (χ1v) is 4.56. The molecule has 1 heterocycles. The number of hydrogen-bond acceptors (Lipinski definition) is 4. The van der Waals surface area contributed by atoms with E-state index in [1.807, 2.05) is 13.0 Å². The number of nitrogen functional groups attached to an aromatic ring is 1. The van der Waals surface area contributed by atoms with Crippen molar-refractivity contribution in [3.05, 3.63) is 35.9 Å². The summed E-state index contributed by atoms with van der Waals surface area (Å²) in [5.41, 5.74) is 8.13. The van der Waals surface area contributed by atoms with Crippen molar-refractivity contribution in [2.24, 2.45) is 0 Å². The van der Waals surface area contributed by atoms with Gasteiger partial charge in [0.05, 0.1) is 5.69 Å². The quantitative estimate of drug-likeness (QED) is 0.797. The highest BCUT2D eigenvalue weighted by molar-refractivity contribution is 5.85. The zero-order chi connectivity index (χ0) is 10.8. The molecule has 2 rings (SSSR count). The van der Waals surface area contributed by atoms with E-state index in [1.165, 1.54) is 0 Å². The fraction of sp³-hybridized carbons (Fsp3) is 0.0909. The number of halogens is 1. The van der Waals surface area contributed by atoms with Gasteiger partial charge >= 0.3 is 0 Å². The van der Waals surface area contributed by atoms with Gasteiger partial charge in [-0.3, -0.25) is 0 Å². The van der Waals surface area contributed by atoms with Crippen LogP contribution < -0.4 is 5.73 Å². The van der Waals surface area contributed by atoms with Crippen LogP contribution in [0.15, 0.2) is 30.3 Å². The summed E-state index contributed by atoms with van der Waals surface area (Å²) in [4.78, 5) is 0. The molecule has 0 aliphatic carbocycles. The first kappa shape index (κ1) is 12.3. The van der Waals surface area contributed by atoms with E-state index in [1.54, 1.807) is 24.3 Å². The van der Waals surface area contributed by atoms with Gasteiger partial charge in [0.2, 0.25) is 0 Å². The minimum atomic E-state index is 0. The van der Waals surface area contributed by atoms with Gasteiger partial charge in [-0.05, 0) is 42.8 Å². The Morgan fingerprint density at radius 2 is 1.75 bits per heavy atom. The second-order valence-electron chi connectivity index (χ2n) is 3.34. The van der Waals surface area contributed by atoms with Gasteiger partial charge in [0, 0.05) is 5.56 Å². The van der Waals surface area contributed by atoms with E-state index in [4.69, 9.17) is 10.8 Å². The summed E-state index contributed by atoms with van der Waals surface area (Å²) in [6.45, 7) is 1.88. The maximum absolute atomic E-state index is 9.15. The second-order valence-corrected chi connectivity index (χ2v) is 3.34. The molecule has 5 heteroatoms. The van der Waals surface area contributed by atoms with Crippen LogP contribution in [0.4, 0.5) is 5.82 Å². The lowest BCUT2D eigenvalue weighted by molar-refractivity contribution is 0.475. The van der Waals surface area contributed by atoms with Crippen LogP contribution in [-0.4, -0.2) is 15.3 Å². The predicted octanol–water partition coefficient (Wildman–Crippen LogP) is 2.16. The van der Waals surface area contributed by atoms with Gasteiger partial charge in [0.1, 0.15) is 11.6 Å². The minimum absolute atomic E-state index is 0. The van der Waals surface area contributed by atoms with E-state index >= 15 is 0 Å². The number of benzene rings is 1. The van der Waals surface area contributed by atoms with Crippen LogP contribution in [0.2, 0.25) is 0 Å². The lowest BCUT2D eigenvalue weighted by Crippen LogP contribution is -1.97. The van der Waals surface area contributed by atoms with Crippen LogP contribution in [0.1, 0.15) is 5.56 Å². The Bertz CT molecular complexity index is 485. The van der Waals surface area contributed by atoms with Gasteiger partial charge < -0.3 is 10.8 Å². The van der Waals surface area contributed by atoms with Crippen LogP contribution in [0.3, 0.4) is 0 Å². The zero-order valence-corrected chi connectivity index (χ0v) is 9.53. The molecule has 4 nitrogen and oxygen atoms in total. The zero-order valence-electron chi connectivity index (χ0n) is 8.71. The smallest absolute Gasteiger partial charge is 0.149 e. The molecule has 1 aromatic heterocycles. The average molecular weight is 238 g/mol. The third-order valence-electron chi connectivity index (χ3n) is 2.19. The van der Waals surface area contributed by atoms with E-state index in [0.29, 0.717) is 5.82 Å². The number of aromatic nitrogens is 2. The number of rotatable bonds is 1. The molecule has 0 aliphatic heterocycles. The number of nitrogens with zero attached hydrogens (tertiary/aromatic N) is 2. The molecule has 0 fully saturated rings. The lowest BCUT2D eigenvalue weighted by Gasteiger charge is -2.02. The number of aromatic hydroxyl groups is 1. The summed E-state index contributed by atoms with van der Waals surface area (Å²) in [7, 11) is 0. The first-order chi connectivity index (χ1) is 7.16. The van der Waals surface area contributed by atoms with Crippen molar-refractivity contribution in [2.75, 3.05) is 5.73 Å². The van der Waals surface area contributed by atoms with Crippen molar-refractivity contribution >= 4 is 18.2 Å². The van der Waals surface area contributed by atoms with Crippen LogP contribution in [0.5, 0.6) is 5.75 Å². The highest BCUT2D eigenvalue weighted by Gasteiger charge is 2.02. The molecular formula is C11H12ClN3O. The summed E-state index contributed by atoms with van der Waals surface area (Å²) in [6, 6.07) is 8.67. The lowest BCUT2D eigenvalue weighted by atomic mass is 10.1. The molecule has 16 heavy (non-hydrogen) atoms. The average Bonchev–Trinajstić information content (AvgIpc) is 2.23. The minimum Gasteiger partial charge on any atom is -0.508 e. The highest BCUT2D eigenvalue weighted by atomic mass is 35.5. The Labute approximate surface area is 99.5 Å². The molecule has 0 atom stereocenters. The normalized spacial score (nSPS) is 9.56. The molecule has 84 valence electrons. The second kappa shape index (κ2) is 4.81. The molecule has 0 saturated carbocycles. The summed E-state index contributed by atoms with van der Waals surface area (Å²) in [5, 5.41) is 17.0. The van der Waals surface area contributed by atoms with Crippen molar-refractivity contribution in [3.8, 4) is 17.0 Å². The largest absolute Gasteiger partial charge is 0.508 e. The molecular weight excluding hydrogens is 226 g/mol. The van der Waals surface area contributed by atoms with E-state index in [2.05, 4.69) is 10.2 Å². The maximum atomic E-state index is 9.15. The summed E-state index contributed by atoms with van der Waals surface area (Å²) >= 11 is 0. The standard InChI is InChI=1S/C11H11N3O.ClH/c1-7-6-10(13-14-11(7)12)8-2-4-9(15)5-3-8;/h2-6,15H,1H3,(H2,12,14);1H. The predicted molar refractivity (Wildman–Crippen MR) is 65.5 cm³/mol. The van der Waals surface area contributed by atoms with Gasteiger partial charge in [0.25, 0.3) is 0 Å². The van der Waals surface area contributed by atoms with E-state index < -0.39 is 0 Å². The van der Waals surface area contributed by atoms with Crippen molar-refractivity contribution in [3.63, 3.8) is 0 Å². The molecule has 0 aliphatic rings.